The number of carbonyl (C=O) groups excluding carboxylic acids is 1. The molecule has 0 unspecified atom stereocenters. The summed E-state index contributed by atoms with van der Waals surface area (Å²) >= 11 is 0. The molecule has 0 saturated heterocycles. The summed E-state index contributed by atoms with van der Waals surface area (Å²) in [5.74, 6) is -2.06. The summed E-state index contributed by atoms with van der Waals surface area (Å²) in [6.07, 6.45) is 1.49. The molecular weight excluding hydrogens is 278 g/mol. The van der Waals surface area contributed by atoms with Crippen LogP contribution in [0.5, 0.6) is 0 Å². The van der Waals surface area contributed by atoms with E-state index in [9.17, 15) is 13.6 Å². The molecule has 2 rings (SSSR count). The Kier molecular flexibility index (Phi) is 4.67. The maximum absolute atomic E-state index is 13.9. The van der Waals surface area contributed by atoms with Gasteiger partial charge in [-0.3, -0.25) is 0 Å². The van der Waals surface area contributed by atoms with Crippen molar-refractivity contribution in [3.05, 3.63) is 47.3 Å². The zero-order chi connectivity index (χ0) is 15.4. The number of nitrogens with zero attached hydrogens (tertiary/aromatic N) is 2. The van der Waals surface area contributed by atoms with Crippen molar-refractivity contribution in [1.29, 1.82) is 0 Å². The number of hydrogen-bond donors (Lipinski definition) is 0. The minimum Gasteiger partial charge on any atom is -0.461 e. The van der Waals surface area contributed by atoms with Gasteiger partial charge in [0.05, 0.1) is 12.3 Å². The van der Waals surface area contributed by atoms with Gasteiger partial charge in [-0.25, -0.2) is 18.3 Å². The smallest absolute Gasteiger partial charge is 0.357 e. The Morgan fingerprint density at radius 1 is 1.29 bits per heavy atom. The maximum Gasteiger partial charge on any atom is 0.357 e. The van der Waals surface area contributed by atoms with Crippen molar-refractivity contribution in [1.82, 2.24) is 9.78 Å². The molecule has 4 nitrogen and oxygen atoms in total. The van der Waals surface area contributed by atoms with Crippen molar-refractivity contribution in [2.45, 2.75) is 26.7 Å². The van der Waals surface area contributed by atoms with Crippen molar-refractivity contribution < 1.29 is 18.3 Å². The largest absolute Gasteiger partial charge is 0.461 e. The van der Waals surface area contributed by atoms with E-state index < -0.39 is 17.6 Å². The number of esters is 1. The molecule has 0 radical (unpaired) electrons. The Morgan fingerprint density at radius 2 is 2.05 bits per heavy atom. The molecule has 0 aliphatic heterocycles. The predicted molar refractivity (Wildman–Crippen MR) is 73.4 cm³/mol. The van der Waals surface area contributed by atoms with Crippen molar-refractivity contribution >= 4 is 5.97 Å². The van der Waals surface area contributed by atoms with Gasteiger partial charge >= 0.3 is 5.97 Å². The van der Waals surface area contributed by atoms with Crippen LogP contribution in [0.4, 0.5) is 8.78 Å². The highest BCUT2D eigenvalue weighted by atomic mass is 19.1. The molecule has 0 saturated carbocycles. The third-order valence-electron chi connectivity index (χ3n) is 2.89. The van der Waals surface area contributed by atoms with Gasteiger partial charge in [-0.15, -0.1) is 0 Å². The highest BCUT2D eigenvalue weighted by Crippen LogP contribution is 2.19. The molecule has 0 amide bonds. The van der Waals surface area contributed by atoms with Gasteiger partial charge < -0.3 is 4.74 Å². The second-order valence-corrected chi connectivity index (χ2v) is 4.50. The molecule has 0 atom stereocenters. The highest BCUT2D eigenvalue weighted by molar-refractivity contribution is 5.88. The van der Waals surface area contributed by atoms with Crippen LogP contribution in [-0.2, 0) is 11.2 Å². The first-order valence-electron chi connectivity index (χ1n) is 6.78. The van der Waals surface area contributed by atoms with E-state index in [0.29, 0.717) is 12.1 Å². The van der Waals surface area contributed by atoms with Gasteiger partial charge in [0.25, 0.3) is 0 Å². The first-order chi connectivity index (χ1) is 10.1. The van der Waals surface area contributed by atoms with E-state index in [1.807, 2.05) is 6.92 Å². The molecule has 0 aliphatic carbocycles. The van der Waals surface area contributed by atoms with E-state index in [1.165, 1.54) is 6.07 Å². The molecule has 1 aromatic carbocycles. The second kappa shape index (κ2) is 6.47. The monoisotopic (exact) mass is 294 g/mol. The highest BCUT2D eigenvalue weighted by Gasteiger charge is 2.19. The standard InChI is InChI=1S/C15H16F2N2O2/c1-3-5-11-9-14(15(20)21-4-2)19(18-11)13-7-6-10(16)8-12(13)17/h6-9H,3-5H2,1-2H3. The van der Waals surface area contributed by atoms with Gasteiger partial charge in [-0.05, 0) is 31.5 Å². The number of aryl methyl sites for hydroxylation is 1. The molecule has 0 spiro atoms. The number of carbonyl (C=O) groups is 1. The molecule has 1 aromatic heterocycles. The molecular formula is C15H16F2N2O2. The van der Waals surface area contributed by atoms with Gasteiger partial charge in [0, 0.05) is 6.07 Å². The van der Waals surface area contributed by atoms with Gasteiger partial charge in [0.1, 0.15) is 11.5 Å². The fraction of sp³-hybridized carbons (Fsp3) is 0.333. The number of benzene rings is 1. The topological polar surface area (TPSA) is 44.1 Å². The molecule has 0 N–H and O–H groups in total. The van der Waals surface area contributed by atoms with Crippen LogP contribution in [0.25, 0.3) is 5.69 Å². The zero-order valence-electron chi connectivity index (χ0n) is 11.9. The third-order valence-corrected chi connectivity index (χ3v) is 2.89. The van der Waals surface area contributed by atoms with E-state index in [2.05, 4.69) is 5.10 Å². The maximum atomic E-state index is 13.9. The van der Waals surface area contributed by atoms with E-state index in [-0.39, 0.29) is 18.0 Å². The molecule has 112 valence electrons. The molecule has 0 fully saturated rings. The molecule has 2 aromatic rings. The van der Waals surface area contributed by atoms with Crippen molar-refractivity contribution in [2.24, 2.45) is 0 Å². The minimum absolute atomic E-state index is 0.0156. The van der Waals surface area contributed by atoms with Crippen molar-refractivity contribution in [3.63, 3.8) is 0 Å². The SMILES string of the molecule is CCCc1cc(C(=O)OCC)n(-c2ccc(F)cc2F)n1. The van der Waals surface area contributed by atoms with Crippen LogP contribution in [0.15, 0.2) is 24.3 Å². The van der Waals surface area contributed by atoms with Crippen LogP contribution in [0.3, 0.4) is 0 Å². The Hall–Kier alpha value is -2.24. The first-order valence-corrected chi connectivity index (χ1v) is 6.78. The van der Waals surface area contributed by atoms with Crippen molar-refractivity contribution in [3.8, 4) is 5.69 Å². The van der Waals surface area contributed by atoms with E-state index in [1.54, 1.807) is 13.0 Å². The van der Waals surface area contributed by atoms with E-state index >= 15 is 0 Å². The van der Waals surface area contributed by atoms with Crippen LogP contribution in [0, 0.1) is 11.6 Å². The summed E-state index contributed by atoms with van der Waals surface area (Å²) in [6, 6.07) is 4.69. The Bertz CT molecular complexity index is 653. The number of ether oxygens (including phenoxy) is 1. The Labute approximate surface area is 121 Å². The predicted octanol–water partition coefficient (Wildman–Crippen LogP) is 3.28. The molecule has 6 heteroatoms. The lowest BCUT2D eigenvalue weighted by Gasteiger charge is -2.07. The lowest BCUT2D eigenvalue weighted by Crippen LogP contribution is -2.13. The minimum atomic E-state index is -0.785. The zero-order valence-corrected chi connectivity index (χ0v) is 11.9. The van der Waals surface area contributed by atoms with Crippen LogP contribution < -0.4 is 0 Å². The van der Waals surface area contributed by atoms with Gasteiger partial charge in [0.15, 0.2) is 11.5 Å². The summed E-state index contributed by atoms with van der Waals surface area (Å²) in [5, 5.41) is 4.22. The van der Waals surface area contributed by atoms with Crippen LogP contribution >= 0.6 is 0 Å². The van der Waals surface area contributed by atoms with Crippen LogP contribution in [0.1, 0.15) is 36.5 Å². The summed E-state index contributed by atoms with van der Waals surface area (Å²) in [7, 11) is 0. The van der Waals surface area contributed by atoms with Crippen LogP contribution in [0.2, 0.25) is 0 Å². The molecule has 21 heavy (non-hydrogen) atoms. The molecule has 1 heterocycles. The quantitative estimate of drug-likeness (QED) is 0.795. The van der Waals surface area contributed by atoms with Gasteiger partial charge in [-0.1, -0.05) is 13.3 Å². The van der Waals surface area contributed by atoms with Crippen molar-refractivity contribution in [2.75, 3.05) is 6.61 Å². The molecule has 0 bridgehead atoms. The fourth-order valence-electron chi connectivity index (χ4n) is 2.00. The lowest BCUT2D eigenvalue weighted by atomic mass is 10.2. The summed E-state index contributed by atoms with van der Waals surface area (Å²) < 4.78 is 33.0. The average Bonchev–Trinajstić information content (AvgIpc) is 2.83. The fourth-order valence-corrected chi connectivity index (χ4v) is 2.00. The summed E-state index contributed by atoms with van der Waals surface area (Å²) in [4.78, 5) is 12.0. The summed E-state index contributed by atoms with van der Waals surface area (Å²) in [5.41, 5.74) is 0.803. The number of rotatable bonds is 5. The Balaban J connectivity index is 2.52. The first kappa shape index (κ1) is 15.2. The van der Waals surface area contributed by atoms with E-state index in [4.69, 9.17) is 4.74 Å². The molecule has 0 aliphatic rings. The number of aromatic nitrogens is 2. The lowest BCUT2D eigenvalue weighted by molar-refractivity contribution is 0.0515. The van der Waals surface area contributed by atoms with Gasteiger partial charge in [0.2, 0.25) is 0 Å². The average molecular weight is 294 g/mol. The van der Waals surface area contributed by atoms with Gasteiger partial charge in [-0.2, -0.15) is 5.10 Å². The number of hydrogen-bond acceptors (Lipinski definition) is 3. The summed E-state index contributed by atoms with van der Waals surface area (Å²) in [6.45, 7) is 3.87. The third kappa shape index (κ3) is 3.26. The normalized spacial score (nSPS) is 10.7. The van der Waals surface area contributed by atoms with E-state index in [0.717, 1.165) is 23.2 Å². The van der Waals surface area contributed by atoms with Crippen LogP contribution in [-0.4, -0.2) is 22.4 Å². The Morgan fingerprint density at radius 3 is 2.67 bits per heavy atom. The number of halogens is 2. The second-order valence-electron chi connectivity index (χ2n) is 4.50.